The monoisotopic (exact) mass is 415 g/mol. The molecule has 0 spiro atoms. The van der Waals surface area contributed by atoms with Gasteiger partial charge in [-0.05, 0) is 45.0 Å². The first-order chi connectivity index (χ1) is 13.9. The van der Waals surface area contributed by atoms with Crippen LogP contribution < -0.4 is 10.1 Å². The molecule has 0 fully saturated rings. The van der Waals surface area contributed by atoms with Crippen LogP contribution in [-0.2, 0) is 16.1 Å². The number of hydrogen-bond acceptors (Lipinski definition) is 5. The van der Waals surface area contributed by atoms with Crippen molar-refractivity contribution in [2.75, 3.05) is 18.5 Å². The van der Waals surface area contributed by atoms with E-state index >= 15 is 0 Å². The fourth-order valence-corrected chi connectivity index (χ4v) is 4.09. The van der Waals surface area contributed by atoms with Gasteiger partial charge in [-0.3, -0.25) is 14.3 Å². The smallest absolute Gasteiger partial charge is 0.297 e. The fraction of sp³-hybridized carbons (Fsp3) is 0.400. The van der Waals surface area contributed by atoms with Crippen LogP contribution in [0.5, 0.6) is 0 Å². The summed E-state index contributed by atoms with van der Waals surface area (Å²) >= 11 is 1.40. The number of benzene rings is 1. The van der Waals surface area contributed by atoms with Gasteiger partial charge < -0.3 is 14.6 Å². The van der Waals surface area contributed by atoms with Crippen molar-refractivity contribution in [3.05, 3.63) is 41.0 Å². The van der Waals surface area contributed by atoms with Crippen molar-refractivity contribution in [1.82, 2.24) is 14.3 Å². The highest BCUT2D eigenvalue weighted by atomic mass is 32.1. The van der Waals surface area contributed by atoms with E-state index < -0.39 is 0 Å². The Morgan fingerprint density at radius 1 is 1.31 bits per heavy atom. The molecule has 154 valence electrons. The molecule has 0 aliphatic heterocycles. The van der Waals surface area contributed by atoms with Gasteiger partial charge in [-0.1, -0.05) is 11.3 Å². The van der Waals surface area contributed by atoms with Crippen LogP contribution in [0.3, 0.4) is 0 Å². The lowest BCUT2D eigenvalue weighted by Gasteiger charge is -2.08. The number of aromatic nitrogens is 3. The number of rotatable bonds is 7. The lowest BCUT2D eigenvalue weighted by molar-refractivity contribution is -0.114. The Morgan fingerprint density at radius 2 is 2.10 bits per heavy atom. The van der Waals surface area contributed by atoms with Crippen LogP contribution >= 0.6 is 11.3 Å². The molecule has 2 amide bonds. The molecule has 0 aliphatic carbocycles. The average Bonchev–Trinajstić information content (AvgIpc) is 3.26. The van der Waals surface area contributed by atoms with Crippen molar-refractivity contribution < 1.29 is 14.3 Å². The first-order valence-electron chi connectivity index (χ1n) is 9.52. The predicted octanol–water partition coefficient (Wildman–Crippen LogP) is 3.22. The molecule has 9 heteroatoms. The lowest BCUT2D eigenvalue weighted by Crippen LogP contribution is -2.21. The third kappa shape index (κ3) is 4.80. The van der Waals surface area contributed by atoms with Gasteiger partial charge in [-0.2, -0.15) is 10.1 Å². The molecule has 0 unspecified atom stereocenters. The Labute approximate surface area is 172 Å². The molecule has 0 atom stereocenters. The summed E-state index contributed by atoms with van der Waals surface area (Å²) in [5, 5.41) is 7.00. The summed E-state index contributed by atoms with van der Waals surface area (Å²) in [6.07, 6.45) is 1.61. The number of carbonyl (C=O) groups is 2. The van der Waals surface area contributed by atoms with E-state index in [9.17, 15) is 9.59 Å². The van der Waals surface area contributed by atoms with Crippen LogP contribution in [-0.4, -0.2) is 39.4 Å². The molecular formula is C20H25N5O3S. The number of fused-ring (bicyclic) bond motifs is 1. The van der Waals surface area contributed by atoms with E-state index in [1.54, 1.807) is 16.9 Å². The Hall–Kier alpha value is -2.78. The number of anilines is 1. The van der Waals surface area contributed by atoms with E-state index in [0.717, 1.165) is 10.2 Å². The zero-order valence-corrected chi connectivity index (χ0v) is 17.8. The van der Waals surface area contributed by atoms with E-state index in [0.29, 0.717) is 35.9 Å². The fourth-order valence-electron chi connectivity index (χ4n) is 3.00. The quantitative estimate of drug-likeness (QED) is 0.600. The standard InChI is InChI=1S/C20H25N5O3S/c1-5-28-11-10-24-16-7-6-15(22-14(4)26)12-18(16)29-20(24)23-19(27)17-8-9-21-25(17)13(2)3/h6-9,12-13H,5,10-11H2,1-4H3,(H,22,26). The second-order valence-electron chi connectivity index (χ2n) is 6.77. The molecule has 0 saturated heterocycles. The van der Waals surface area contributed by atoms with E-state index in [4.69, 9.17) is 4.74 Å². The third-order valence-electron chi connectivity index (χ3n) is 4.24. The minimum atomic E-state index is -0.338. The number of thiazole rings is 1. The van der Waals surface area contributed by atoms with E-state index in [2.05, 4.69) is 15.4 Å². The maximum atomic E-state index is 12.8. The van der Waals surface area contributed by atoms with Gasteiger partial charge in [0.05, 0.1) is 16.8 Å². The Morgan fingerprint density at radius 3 is 2.79 bits per heavy atom. The van der Waals surface area contributed by atoms with Gasteiger partial charge in [0.25, 0.3) is 5.91 Å². The predicted molar refractivity (Wildman–Crippen MR) is 113 cm³/mol. The molecule has 3 aromatic rings. The molecule has 2 aromatic heterocycles. The number of carbonyl (C=O) groups excluding carboxylic acids is 2. The van der Waals surface area contributed by atoms with Crippen LogP contribution in [0.4, 0.5) is 5.69 Å². The van der Waals surface area contributed by atoms with Crippen LogP contribution in [0.25, 0.3) is 10.2 Å². The van der Waals surface area contributed by atoms with Gasteiger partial charge in [-0.15, -0.1) is 0 Å². The number of hydrogen-bond donors (Lipinski definition) is 1. The molecule has 8 nitrogen and oxygen atoms in total. The number of nitrogens with one attached hydrogen (secondary N) is 1. The molecule has 1 aromatic carbocycles. The summed E-state index contributed by atoms with van der Waals surface area (Å²) in [5.41, 5.74) is 2.10. The molecule has 1 N–H and O–H groups in total. The first-order valence-corrected chi connectivity index (χ1v) is 10.3. The van der Waals surface area contributed by atoms with Gasteiger partial charge >= 0.3 is 0 Å². The van der Waals surface area contributed by atoms with Gasteiger partial charge in [-0.25, -0.2) is 0 Å². The number of nitrogens with zero attached hydrogens (tertiary/aromatic N) is 4. The zero-order chi connectivity index (χ0) is 21.0. The Bertz CT molecular complexity index is 1090. The summed E-state index contributed by atoms with van der Waals surface area (Å²) in [5.74, 6) is -0.470. The highest BCUT2D eigenvalue weighted by Gasteiger charge is 2.15. The second kappa shape index (κ2) is 9.15. The minimum absolute atomic E-state index is 0.0619. The third-order valence-corrected chi connectivity index (χ3v) is 5.28. The molecule has 3 rings (SSSR count). The van der Waals surface area contributed by atoms with Crippen molar-refractivity contribution in [1.29, 1.82) is 0 Å². The highest BCUT2D eigenvalue weighted by Crippen LogP contribution is 2.22. The minimum Gasteiger partial charge on any atom is -0.380 e. The van der Waals surface area contributed by atoms with Crippen LogP contribution in [0.15, 0.2) is 35.5 Å². The largest absolute Gasteiger partial charge is 0.380 e. The topological polar surface area (TPSA) is 90.5 Å². The van der Waals surface area contributed by atoms with Gasteiger partial charge in [0.1, 0.15) is 5.69 Å². The Balaban J connectivity index is 2.07. The van der Waals surface area contributed by atoms with Gasteiger partial charge in [0, 0.05) is 38.0 Å². The summed E-state index contributed by atoms with van der Waals surface area (Å²) in [4.78, 5) is 29.2. The van der Waals surface area contributed by atoms with Gasteiger partial charge in [0.15, 0.2) is 4.80 Å². The number of amides is 2. The van der Waals surface area contributed by atoms with Crippen molar-refractivity contribution in [3.63, 3.8) is 0 Å². The summed E-state index contributed by atoms with van der Waals surface area (Å²) in [6, 6.07) is 7.39. The summed E-state index contributed by atoms with van der Waals surface area (Å²) in [6.45, 7) is 9.05. The van der Waals surface area contributed by atoms with Gasteiger partial charge in [0.2, 0.25) is 5.91 Å². The van der Waals surface area contributed by atoms with E-state index in [-0.39, 0.29) is 17.9 Å². The second-order valence-corrected chi connectivity index (χ2v) is 7.78. The van der Waals surface area contributed by atoms with Crippen LogP contribution in [0, 0.1) is 0 Å². The number of ether oxygens (including phenoxy) is 1. The van der Waals surface area contributed by atoms with Crippen molar-refractivity contribution >= 4 is 39.1 Å². The Kier molecular flexibility index (Phi) is 6.60. The molecular weight excluding hydrogens is 390 g/mol. The molecule has 0 radical (unpaired) electrons. The maximum absolute atomic E-state index is 12.8. The zero-order valence-electron chi connectivity index (χ0n) is 17.0. The molecule has 0 aliphatic rings. The highest BCUT2D eigenvalue weighted by molar-refractivity contribution is 7.16. The van der Waals surface area contributed by atoms with E-state index in [1.165, 1.54) is 18.3 Å². The molecule has 29 heavy (non-hydrogen) atoms. The summed E-state index contributed by atoms with van der Waals surface area (Å²) in [7, 11) is 0. The SMILES string of the molecule is CCOCCn1c(=NC(=O)c2ccnn2C(C)C)sc2cc(NC(C)=O)ccc21. The normalized spacial score (nSPS) is 12.1. The molecule has 0 bridgehead atoms. The maximum Gasteiger partial charge on any atom is 0.297 e. The van der Waals surface area contributed by atoms with Crippen LogP contribution in [0.1, 0.15) is 44.2 Å². The first kappa shape index (κ1) is 20.9. The van der Waals surface area contributed by atoms with Crippen LogP contribution in [0.2, 0.25) is 0 Å². The van der Waals surface area contributed by atoms with Crippen molar-refractivity contribution in [3.8, 4) is 0 Å². The van der Waals surface area contributed by atoms with E-state index in [1.807, 2.05) is 43.5 Å². The van der Waals surface area contributed by atoms with Crippen molar-refractivity contribution in [2.45, 2.75) is 40.3 Å². The average molecular weight is 416 g/mol. The summed E-state index contributed by atoms with van der Waals surface area (Å²) < 4.78 is 10.1. The molecule has 0 saturated carbocycles. The lowest BCUT2D eigenvalue weighted by atomic mass is 10.3. The van der Waals surface area contributed by atoms with Crippen molar-refractivity contribution in [2.24, 2.45) is 4.99 Å². The molecule has 2 heterocycles.